The van der Waals surface area contributed by atoms with Crippen LogP contribution in [-0.2, 0) is 10.0 Å². The number of nitrogens with one attached hydrogen (secondary N) is 2. The second kappa shape index (κ2) is 6.02. The third-order valence-electron chi connectivity index (χ3n) is 3.39. The van der Waals surface area contributed by atoms with Gasteiger partial charge in [0.15, 0.2) is 5.03 Å². The monoisotopic (exact) mass is 286 g/mol. The molecule has 0 unspecified atom stereocenters. The van der Waals surface area contributed by atoms with E-state index in [0.717, 1.165) is 19.6 Å². The number of H-pyrrole nitrogens is 1. The van der Waals surface area contributed by atoms with Gasteiger partial charge in [0, 0.05) is 19.1 Å². The number of aromatic amines is 1. The van der Waals surface area contributed by atoms with Crippen molar-refractivity contribution in [2.45, 2.75) is 37.8 Å². The summed E-state index contributed by atoms with van der Waals surface area (Å²) < 4.78 is 26.7. The Balaban J connectivity index is 1.89. The molecule has 0 spiro atoms. The fourth-order valence-corrected chi connectivity index (χ4v) is 3.73. The normalized spacial score (nSPS) is 23.4. The van der Waals surface area contributed by atoms with Gasteiger partial charge >= 0.3 is 0 Å². The van der Waals surface area contributed by atoms with Crippen LogP contribution in [0.3, 0.4) is 0 Å². The van der Waals surface area contributed by atoms with Gasteiger partial charge in [-0.2, -0.15) is 0 Å². The maximum Gasteiger partial charge on any atom is 0.257 e. The summed E-state index contributed by atoms with van der Waals surface area (Å²) in [7, 11) is -3.48. The van der Waals surface area contributed by atoms with Gasteiger partial charge in [-0.15, -0.1) is 0 Å². The number of likely N-dealkylation sites (tertiary alicyclic amines) is 1. The summed E-state index contributed by atoms with van der Waals surface area (Å²) >= 11 is 0. The van der Waals surface area contributed by atoms with Gasteiger partial charge in [0.1, 0.15) is 0 Å². The van der Waals surface area contributed by atoms with E-state index in [1.54, 1.807) is 0 Å². The van der Waals surface area contributed by atoms with Crippen molar-refractivity contribution in [3.8, 4) is 0 Å². The molecular formula is C12H22N4O2S. The van der Waals surface area contributed by atoms with Crippen LogP contribution in [0.5, 0.6) is 0 Å². The Morgan fingerprint density at radius 2 is 2.42 bits per heavy atom. The molecule has 1 fully saturated rings. The van der Waals surface area contributed by atoms with Crippen LogP contribution in [0.1, 0.15) is 26.7 Å². The number of imidazole rings is 1. The van der Waals surface area contributed by atoms with Crippen molar-refractivity contribution in [1.82, 2.24) is 19.6 Å². The first-order valence-electron chi connectivity index (χ1n) is 6.70. The van der Waals surface area contributed by atoms with Crippen molar-refractivity contribution in [1.29, 1.82) is 0 Å². The highest BCUT2D eigenvalue weighted by molar-refractivity contribution is 7.89. The zero-order valence-electron chi connectivity index (χ0n) is 11.5. The lowest BCUT2D eigenvalue weighted by Gasteiger charge is -2.32. The van der Waals surface area contributed by atoms with Crippen LogP contribution >= 0.6 is 0 Å². The second-order valence-electron chi connectivity index (χ2n) is 5.45. The lowest BCUT2D eigenvalue weighted by atomic mass is 10.00. The maximum absolute atomic E-state index is 12.0. The van der Waals surface area contributed by atoms with Gasteiger partial charge in [0.25, 0.3) is 10.0 Å². The molecule has 0 radical (unpaired) electrons. The average molecular weight is 286 g/mol. The van der Waals surface area contributed by atoms with E-state index in [1.807, 2.05) is 6.92 Å². The molecular weight excluding hydrogens is 264 g/mol. The Hall–Kier alpha value is -0.920. The Bertz CT molecular complexity index is 486. The highest BCUT2D eigenvalue weighted by atomic mass is 32.2. The van der Waals surface area contributed by atoms with Gasteiger partial charge < -0.3 is 9.88 Å². The molecule has 0 amide bonds. The number of rotatable bonds is 5. The van der Waals surface area contributed by atoms with E-state index in [0.29, 0.717) is 5.92 Å². The van der Waals surface area contributed by atoms with Crippen molar-refractivity contribution in [3.05, 3.63) is 12.5 Å². The SMILES string of the molecule is C[C@@H]1CCCN(C[C@H](C)NS(=O)(=O)c2cnc[nH]2)C1. The summed E-state index contributed by atoms with van der Waals surface area (Å²) in [5.74, 6) is 0.699. The number of sulfonamides is 1. The lowest BCUT2D eigenvalue weighted by molar-refractivity contribution is 0.174. The molecule has 1 aromatic heterocycles. The second-order valence-corrected chi connectivity index (χ2v) is 7.13. The average Bonchev–Trinajstić information content (AvgIpc) is 2.81. The molecule has 0 bridgehead atoms. The topological polar surface area (TPSA) is 78.1 Å². The molecule has 0 aliphatic carbocycles. The zero-order chi connectivity index (χ0) is 13.9. The van der Waals surface area contributed by atoms with Crippen molar-refractivity contribution in [2.75, 3.05) is 19.6 Å². The lowest BCUT2D eigenvalue weighted by Crippen LogP contribution is -2.45. The van der Waals surface area contributed by atoms with Crippen LogP contribution in [0.2, 0.25) is 0 Å². The minimum Gasteiger partial charge on any atom is -0.335 e. The molecule has 1 aliphatic rings. The molecule has 1 saturated heterocycles. The fraction of sp³-hybridized carbons (Fsp3) is 0.750. The van der Waals surface area contributed by atoms with Gasteiger partial charge in [-0.05, 0) is 32.2 Å². The first-order valence-corrected chi connectivity index (χ1v) is 8.19. The zero-order valence-corrected chi connectivity index (χ0v) is 12.3. The van der Waals surface area contributed by atoms with Crippen molar-refractivity contribution in [3.63, 3.8) is 0 Å². The number of hydrogen-bond acceptors (Lipinski definition) is 4. The predicted molar refractivity (Wildman–Crippen MR) is 73.2 cm³/mol. The predicted octanol–water partition coefficient (Wildman–Crippen LogP) is 0.808. The Morgan fingerprint density at radius 3 is 3.05 bits per heavy atom. The third kappa shape index (κ3) is 4.02. The number of nitrogens with zero attached hydrogens (tertiary/aromatic N) is 2. The largest absolute Gasteiger partial charge is 0.335 e. The first-order chi connectivity index (χ1) is 8.97. The molecule has 0 saturated carbocycles. The molecule has 2 rings (SSSR count). The van der Waals surface area contributed by atoms with E-state index in [4.69, 9.17) is 0 Å². The van der Waals surface area contributed by atoms with Gasteiger partial charge in [-0.3, -0.25) is 0 Å². The quantitative estimate of drug-likeness (QED) is 0.839. The molecule has 2 heterocycles. The summed E-state index contributed by atoms with van der Waals surface area (Å²) in [5.41, 5.74) is 0. The van der Waals surface area contributed by atoms with Gasteiger partial charge in [0.05, 0.1) is 12.5 Å². The van der Waals surface area contributed by atoms with Crippen LogP contribution in [0.25, 0.3) is 0 Å². The highest BCUT2D eigenvalue weighted by Gasteiger charge is 2.22. The Kier molecular flexibility index (Phi) is 4.59. The van der Waals surface area contributed by atoms with Crippen molar-refractivity contribution in [2.24, 2.45) is 5.92 Å². The fourth-order valence-electron chi connectivity index (χ4n) is 2.60. The molecule has 2 atom stereocenters. The van der Waals surface area contributed by atoms with E-state index in [2.05, 4.69) is 26.5 Å². The summed E-state index contributed by atoms with van der Waals surface area (Å²) in [6.07, 6.45) is 5.15. The number of piperidine rings is 1. The van der Waals surface area contributed by atoms with Crippen molar-refractivity contribution < 1.29 is 8.42 Å². The third-order valence-corrected chi connectivity index (χ3v) is 4.91. The molecule has 6 nitrogen and oxygen atoms in total. The number of hydrogen-bond donors (Lipinski definition) is 2. The first kappa shape index (κ1) is 14.5. The van der Waals surface area contributed by atoms with Gasteiger partial charge in [-0.1, -0.05) is 6.92 Å². The molecule has 1 aromatic rings. The van der Waals surface area contributed by atoms with Crippen LogP contribution in [0, 0.1) is 5.92 Å². The Morgan fingerprint density at radius 1 is 1.63 bits per heavy atom. The minimum atomic E-state index is -3.48. The highest BCUT2D eigenvalue weighted by Crippen LogP contribution is 2.15. The summed E-state index contributed by atoms with van der Waals surface area (Å²) in [6, 6.07) is -0.112. The van der Waals surface area contributed by atoms with Gasteiger partial charge in [0.2, 0.25) is 0 Å². The van der Waals surface area contributed by atoms with E-state index < -0.39 is 10.0 Å². The minimum absolute atomic E-state index is 0.112. The molecule has 108 valence electrons. The molecule has 0 aromatic carbocycles. The molecule has 2 N–H and O–H groups in total. The van der Waals surface area contributed by atoms with E-state index >= 15 is 0 Å². The molecule has 1 aliphatic heterocycles. The van der Waals surface area contributed by atoms with E-state index in [9.17, 15) is 8.42 Å². The van der Waals surface area contributed by atoms with Crippen LogP contribution < -0.4 is 4.72 Å². The van der Waals surface area contributed by atoms with Crippen LogP contribution in [-0.4, -0.2) is 49.0 Å². The van der Waals surface area contributed by atoms with E-state index in [-0.39, 0.29) is 11.1 Å². The Labute approximate surface area is 114 Å². The summed E-state index contributed by atoms with van der Waals surface area (Å²) in [4.78, 5) is 8.68. The maximum atomic E-state index is 12.0. The summed E-state index contributed by atoms with van der Waals surface area (Å²) in [5, 5.41) is 0.117. The number of aromatic nitrogens is 2. The molecule has 7 heteroatoms. The van der Waals surface area contributed by atoms with Crippen molar-refractivity contribution >= 4 is 10.0 Å². The van der Waals surface area contributed by atoms with Crippen LogP contribution in [0.15, 0.2) is 17.6 Å². The van der Waals surface area contributed by atoms with Crippen LogP contribution in [0.4, 0.5) is 0 Å². The van der Waals surface area contributed by atoms with Gasteiger partial charge in [-0.25, -0.2) is 18.1 Å². The summed E-state index contributed by atoms with van der Waals surface area (Å²) in [6.45, 7) is 6.99. The smallest absolute Gasteiger partial charge is 0.257 e. The standard InChI is InChI=1S/C12H22N4O2S/c1-10-4-3-5-16(7-10)8-11(2)15-19(17,18)12-6-13-9-14-12/h6,9-11,15H,3-5,7-8H2,1-2H3,(H,13,14)/t10-,11+/m1/s1. The van der Waals surface area contributed by atoms with E-state index in [1.165, 1.54) is 25.4 Å². The molecule has 19 heavy (non-hydrogen) atoms.